The summed E-state index contributed by atoms with van der Waals surface area (Å²) in [6.07, 6.45) is 1.36. The monoisotopic (exact) mass is 489 g/mol. The highest BCUT2D eigenvalue weighted by atomic mass is 32.2. The third-order valence-corrected chi connectivity index (χ3v) is 6.38. The number of rotatable bonds is 9. The lowest BCUT2D eigenvalue weighted by molar-refractivity contribution is -0.255. The molecule has 0 aromatic heterocycles. The Morgan fingerprint density at radius 1 is 0.943 bits per heavy atom. The molecule has 0 aliphatic carbocycles. The minimum atomic E-state index is -3.84. The summed E-state index contributed by atoms with van der Waals surface area (Å²) in [6, 6.07) is 23.6. The van der Waals surface area contributed by atoms with E-state index in [1.807, 2.05) is 24.3 Å². The Morgan fingerprint density at radius 2 is 1.74 bits per heavy atom. The van der Waals surface area contributed by atoms with Gasteiger partial charge in [0.1, 0.15) is 6.61 Å². The molecule has 0 spiro atoms. The van der Waals surface area contributed by atoms with Crippen LogP contribution in [0.2, 0.25) is 0 Å². The largest absolute Gasteiger partial charge is 0.545 e. The maximum absolute atomic E-state index is 12.6. The number of carboxylic acid groups (broad SMARTS) is 1. The molecule has 0 unspecified atom stereocenters. The SMILES string of the molecule is COc1cc(/C=N/NS(=O)(=O)c2ccc3ccccc3c2)ccc1OCc1cccc(C(=O)[O-])c1. The predicted octanol–water partition coefficient (Wildman–Crippen LogP) is 3.10. The number of ether oxygens (including phenoxy) is 2. The number of nitrogens with one attached hydrogen (secondary N) is 1. The van der Waals surface area contributed by atoms with E-state index in [0.29, 0.717) is 22.6 Å². The fourth-order valence-corrected chi connectivity index (χ4v) is 4.22. The number of methoxy groups -OCH3 is 1. The molecular weight excluding hydrogens is 468 g/mol. The second kappa shape index (κ2) is 10.3. The van der Waals surface area contributed by atoms with Crippen LogP contribution in [0.15, 0.2) is 94.9 Å². The van der Waals surface area contributed by atoms with Gasteiger partial charge in [0.05, 0.1) is 24.2 Å². The fraction of sp³-hybridized carbons (Fsp3) is 0.0769. The number of hydrogen-bond donors (Lipinski definition) is 1. The highest BCUT2D eigenvalue weighted by Gasteiger charge is 2.13. The van der Waals surface area contributed by atoms with Gasteiger partial charge in [-0.25, -0.2) is 4.83 Å². The van der Waals surface area contributed by atoms with E-state index in [9.17, 15) is 18.3 Å². The van der Waals surface area contributed by atoms with Gasteiger partial charge in [0, 0.05) is 0 Å². The Kier molecular flexibility index (Phi) is 6.98. The molecule has 9 heteroatoms. The molecule has 0 bridgehead atoms. The summed E-state index contributed by atoms with van der Waals surface area (Å²) in [5, 5.41) is 16.6. The lowest BCUT2D eigenvalue weighted by Gasteiger charge is -2.12. The van der Waals surface area contributed by atoms with Crippen LogP contribution in [0.5, 0.6) is 11.5 Å². The molecule has 0 fully saturated rings. The van der Waals surface area contributed by atoms with Crippen molar-refractivity contribution in [2.24, 2.45) is 5.10 Å². The minimum Gasteiger partial charge on any atom is -0.545 e. The van der Waals surface area contributed by atoms with E-state index in [1.54, 1.807) is 42.5 Å². The normalized spacial score (nSPS) is 11.5. The fourth-order valence-electron chi connectivity index (χ4n) is 3.39. The van der Waals surface area contributed by atoms with Gasteiger partial charge in [-0.3, -0.25) is 0 Å². The van der Waals surface area contributed by atoms with Crippen LogP contribution in [0.25, 0.3) is 10.8 Å². The number of hydrazone groups is 1. The number of fused-ring (bicyclic) bond motifs is 1. The van der Waals surface area contributed by atoms with E-state index >= 15 is 0 Å². The maximum atomic E-state index is 12.6. The van der Waals surface area contributed by atoms with E-state index in [2.05, 4.69) is 9.93 Å². The van der Waals surface area contributed by atoms with Crippen LogP contribution in [0.3, 0.4) is 0 Å². The Balaban J connectivity index is 1.44. The standard InChI is InChI=1S/C26H22N2O6S/c1-33-25-14-18(9-12-24(25)34-17-19-5-4-8-22(13-19)26(29)30)16-27-28-35(31,32)23-11-10-20-6-2-3-7-21(20)15-23/h2-16,28H,17H2,1H3,(H,29,30)/p-1/b27-16+. The molecule has 0 saturated heterocycles. The smallest absolute Gasteiger partial charge is 0.276 e. The number of benzene rings is 4. The average molecular weight is 490 g/mol. The van der Waals surface area contributed by atoms with Crippen molar-refractivity contribution in [2.75, 3.05) is 7.11 Å². The topological polar surface area (TPSA) is 117 Å². The lowest BCUT2D eigenvalue weighted by Crippen LogP contribution is -2.22. The summed E-state index contributed by atoms with van der Waals surface area (Å²) in [4.78, 5) is 13.3. The Labute approximate surface area is 202 Å². The van der Waals surface area contributed by atoms with Crippen LogP contribution in [-0.2, 0) is 16.6 Å². The Morgan fingerprint density at radius 3 is 2.51 bits per heavy atom. The van der Waals surface area contributed by atoms with Gasteiger partial charge in [-0.05, 0) is 63.9 Å². The highest BCUT2D eigenvalue weighted by molar-refractivity contribution is 7.89. The summed E-state index contributed by atoms with van der Waals surface area (Å²) >= 11 is 0. The van der Waals surface area contributed by atoms with Gasteiger partial charge in [-0.2, -0.15) is 13.5 Å². The van der Waals surface area contributed by atoms with Gasteiger partial charge < -0.3 is 19.4 Å². The molecule has 4 rings (SSSR count). The van der Waals surface area contributed by atoms with Crippen molar-refractivity contribution < 1.29 is 27.8 Å². The molecule has 4 aromatic carbocycles. The molecule has 0 saturated carbocycles. The second-order valence-corrected chi connectivity index (χ2v) is 9.21. The molecule has 0 radical (unpaired) electrons. The maximum Gasteiger partial charge on any atom is 0.276 e. The van der Waals surface area contributed by atoms with Crippen LogP contribution in [0.4, 0.5) is 0 Å². The van der Waals surface area contributed by atoms with Crippen molar-refractivity contribution >= 4 is 33.0 Å². The van der Waals surface area contributed by atoms with Crippen LogP contribution >= 0.6 is 0 Å². The molecule has 0 amide bonds. The molecule has 0 aliphatic rings. The summed E-state index contributed by atoms with van der Waals surface area (Å²) in [7, 11) is -2.37. The van der Waals surface area contributed by atoms with E-state index in [1.165, 1.54) is 31.5 Å². The second-order valence-electron chi connectivity index (χ2n) is 7.55. The van der Waals surface area contributed by atoms with E-state index < -0.39 is 16.0 Å². The van der Waals surface area contributed by atoms with Crippen LogP contribution in [0, 0.1) is 0 Å². The zero-order chi connectivity index (χ0) is 24.8. The molecule has 4 aromatic rings. The Bertz CT molecular complexity index is 1520. The highest BCUT2D eigenvalue weighted by Crippen LogP contribution is 2.28. The van der Waals surface area contributed by atoms with Crippen molar-refractivity contribution in [1.29, 1.82) is 0 Å². The van der Waals surface area contributed by atoms with Crippen molar-refractivity contribution in [3.63, 3.8) is 0 Å². The van der Waals surface area contributed by atoms with Crippen molar-refractivity contribution in [2.45, 2.75) is 11.5 Å². The number of carbonyl (C=O) groups excluding carboxylic acids is 1. The minimum absolute atomic E-state index is 0.0655. The number of carboxylic acids is 1. The van der Waals surface area contributed by atoms with Crippen molar-refractivity contribution in [3.8, 4) is 11.5 Å². The Hall–Kier alpha value is -4.37. The van der Waals surface area contributed by atoms with E-state index in [4.69, 9.17) is 9.47 Å². The predicted molar refractivity (Wildman–Crippen MR) is 130 cm³/mol. The van der Waals surface area contributed by atoms with Crippen LogP contribution in [-0.4, -0.2) is 27.7 Å². The molecule has 8 nitrogen and oxygen atoms in total. The van der Waals surface area contributed by atoms with Gasteiger partial charge in [-0.1, -0.05) is 48.5 Å². The number of hydrogen-bond acceptors (Lipinski definition) is 7. The van der Waals surface area contributed by atoms with Gasteiger partial charge in [0.25, 0.3) is 10.0 Å². The van der Waals surface area contributed by atoms with Gasteiger partial charge >= 0.3 is 0 Å². The average Bonchev–Trinajstić information content (AvgIpc) is 2.87. The number of aromatic carboxylic acids is 1. The third-order valence-electron chi connectivity index (χ3n) is 5.16. The van der Waals surface area contributed by atoms with Gasteiger partial charge in [-0.15, -0.1) is 0 Å². The lowest BCUT2D eigenvalue weighted by atomic mass is 10.1. The van der Waals surface area contributed by atoms with Crippen molar-refractivity contribution in [3.05, 3.63) is 102 Å². The molecule has 0 heterocycles. The van der Waals surface area contributed by atoms with E-state index in [0.717, 1.165) is 10.8 Å². The molecule has 0 aliphatic heterocycles. The molecule has 178 valence electrons. The molecule has 0 atom stereocenters. The molecule has 1 N–H and O–H groups in total. The first kappa shape index (κ1) is 23.8. The first-order chi connectivity index (χ1) is 16.9. The quantitative estimate of drug-likeness (QED) is 0.285. The number of nitrogens with zero attached hydrogens (tertiary/aromatic N) is 1. The zero-order valence-corrected chi connectivity index (χ0v) is 19.5. The summed E-state index contributed by atoms with van der Waals surface area (Å²) in [6.45, 7) is 0.122. The first-order valence-electron chi connectivity index (χ1n) is 10.5. The summed E-state index contributed by atoms with van der Waals surface area (Å²) in [5.74, 6) is -0.424. The van der Waals surface area contributed by atoms with Crippen LogP contribution in [0.1, 0.15) is 21.5 Å². The van der Waals surface area contributed by atoms with E-state index in [-0.39, 0.29) is 17.1 Å². The number of sulfonamides is 1. The van der Waals surface area contributed by atoms with Crippen molar-refractivity contribution in [1.82, 2.24) is 4.83 Å². The molecule has 35 heavy (non-hydrogen) atoms. The van der Waals surface area contributed by atoms with Gasteiger partial charge in [0.2, 0.25) is 0 Å². The molecular formula is C26H21N2O6S-. The first-order valence-corrected chi connectivity index (χ1v) is 12.0. The third kappa shape index (κ3) is 5.77. The van der Waals surface area contributed by atoms with Gasteiger partial charge in [0.15, 0.2) is 11.5 Å². The zero-order valence-electron chi connectivity index (χ0n) is 18.7. The number of carbonyl (C=O) groups is 1. The summed E-state index contributed by atoms with van der Waals surface area (Å²) in [5.41, 5.74) is 1.30. The van der Waals surface area contributed by atoms with Crippen LogP contribution < -0.4 is 19.4 Å². The summed E-state index contributed by atoms with van der Waals surface area (Å²) < 4.78 is 36.4.